The highest BCUT2D eigenvalue weighted by molar-refractivity contribution is 7.71. The smallest absolute Gasteiger partial charge is 0.199 e. The van der Waals surface area contributed by atoms with Gasteiger partial charge in [-0.25, -0.2) is 9.07 Å². The number of ether oxygens (including phenoxy) is 1. The van der Waals surface area contributed by atoms with Crippen LogP contribution in [0.1, 0.15) is 31.4 Å². The van der Waals surface area contributed by atoms with E-state index in [1.54, 1.807) is 12.1 Å². The third kappa shape index (κ3) is 4.11. The second-order valence-corrected chi connectivity index (χ2v) is 7.65. The van der Waals surface area contributed by atoms with Gasteiger partial charge in [0, 0.05) is 25.2 Å². The monoisotopic (exact) mass is 412 g/mol. The van der Waals surface area contributed by atoms with Gasteiger partial charge in [0.15, 0.2) is 10.6 Å². The van der Waals surface area contributed by atoms with Crippen molar-refractivity contribution in [1.82, 2.24) is 19.2 Å². The Labute approximate surface area is 175 Å². The Morgan fingerprint density at radius 3 is 2.55 bits per heavy atom. The normalized spacial score (nSPS) is 17.0. The molecule has 7 heteroatoms. The minimum absolute atomic E-state index is 0.260. The van der Waals surface area contributed by atoms with Gasteiger partial charge in [-0.1, -0.05) is 12.1 Å². The summed E-state index contributed by atoms with van der Waals surface area (Å²) in [5.41, 5.74) is 2.13. The average Bonchev–Trinajstić information content (AvgIpc) is 3.30. The van der Waals surface area contributed by atoms with Crippen molar-refractivity contribution >= 4 is 12.2 Å². The summed E-state index contributed by atoms with van der Waals surface area (Å²) in [6.07, 6.45) is 2.25. The van der Waals surface area contributed by atoms with Gasteiger partial charge in [-0.3, -0.25) is 4.90 Å². The molecule has 0 unspecified atom stereocenters. The van der Waals surface area contributed by atoms with Gasteiger partial charge in [-0.2, -0.15) is 5.10 Å². The Balaban J connectivity index is 1.56. The molecule has 2 aromatic carbocycles. The molecule has 1 aliphatic rings. The lowest BCUT2D eigenvalue weighted by Gasteiger charge is -2.24. The summed E-state index contributed by atoms with van der Waals surface area (Å²) < 4.78 is 23.2. The Morgan fingerprint density at radius 2 is 1.86 bits per heavy atom. The number of halogens is 1. The van der Waals surface area contributed by atoms with Crippen molar-refractivity contribution < 1.29 is 9.13 Å². The first-order valence-corrected chi connectivity index (χ1v) is 10.3. The van der Waals surface area contributed by atoms with Gasteiger partial charge in [0.25, 0.3) is 0 Å². The largest absolute Gasteiger partial charge is 0.494 e. The van der Waals surface area contributed by atoms with Crippen LogP contribution in [0.15, 0.2) is 48.5 Å². The molecule has 1 fully saturated rings. The molecule has 29 heavy (non-hydrogen) atoms. The summed E-state index contributed by atoms with van der Waals surface area (Å²) in [5, 5.41) is 4.73. The molecule has 4 rings (SSSR count). The predicted molar refractivity (Wildman–Crippen MR) is 114 cm³/mol. The van der Waals surface area contributed by atoms with Gasteiger partial charge < -0.3 is 9.30 Å². The first-order chi connectivity index (χ1) is 14.1. The standard InChI is InChI=1S/C22H25FN4OS/c1-3-28-19-12-8-16(9-13-19)20-5-4-14-26(20)15-27-22(29)25(2)21(24-27)17-6-10-18(23)11-7-17/h6-13,20H,3-5,14-15H2,1-2H3/t20-/m0/s1. The zero-order valence-electron chi connectivity index (χ0n) is 16.7. The van der Waals surface area contributed by atoms with Gasteiger partial charge in [0.2, 0.25) is 0 Å². The molecule has 2 heterocycles. The molecule has 0 spiro atoms. The van der Waals surface area contributed by atoms with Crippen LogP contribution in [-0.2, 0) is 13.7 Å². The maximum absolute atomic E-state index is 13.3. The third-order valence-corrected chi connectivity index (χ3v) is 5.88. The topological polar surface area (TPSA) is 35.2 Å². The fourth-order valence-electron chi connectivity index (χ4n) is 3.93. The van der Waals surface area contributed by atoms with Gasteiger partial charge in [-0.15, -0.1) is 0 Å². The molecular weight excluding hydrogens is 387 g/mol. The second kappa shape index (κ2) is 8.47. The molecule has 1 saturated heterocycles. The van der Waals surface area contributed by atoms with E-state index in [2.05, 4.69) is 17.0 Å². The number of benzene rings is 2. The van der Waals surface area contributed by atoms with Crippen LogP contribution >= 0.6 is 12.2 Å². The third-order valence-electron chi connectivity index (χ3n) is 5.40. The van der Waals surface area contributed by atoms with Gasteiger partial charge >= 0.3 is 0 Å². The van der Waals surface area contributed by atoms with E-state index >= 15 is 0 Å². The lowest BCUT2D eigenvalue weighted by atomic mass is 10.0. The van der Waals surface area contributed by atoms with Crippen molar-refractivity contribution in [2.75, 3.05) is 13.2 Å². The molecule has 1 aromatic heterocycles. The number of aromatic nitrogens is 3. The Kier molecular flexibility index (Phi) is 5.78. The van der Waals surface area contributed by atoms with Crippen LogP contribution in [0.3, 0.4) is 0 Å². The summed E-state index contributed by atoms with van der Waals surface area (Å²) in [6, 6.07) is 15.1. The van der Waals surface area contributed by atoms with E-state index < -0.39 is 0 Å². The van der Waals surface area contributed by atoms with Gasteiger partial charge in [0.1, 0.15) is 11.6 Å². The SMILES string of the molecule is CCOc1ccc([C@@H]2CCCN2Cn2nc(-c3ccc(F)cc3)n(C)c2=S)cc1. The van der Waals surface area contributed by atoms with Gasteiger partial charge in [0.05, 0.1) is 13.3 Å². The van der Waals surface area contributed by atoms with E-state index in [0.29, 0.717) is 24.1 Å². The predicted octanol–water partition coefficient (Wildman–Crippen LogP) is 4.95. The molecule has 0 radical (unpaired) electrons. The summed E-state index contributed by atoms with van der Waals surface area (Å²) in [5.74, 6) is 1.38. The van der Waals surface area contributed by atoms with Crippen molar-refractivity contribution in [2.24, 2.45) is 7.05 Å². The summed E-state index contributed by atoms with van der Waals surface area (Å²) in [6.45, 7) is 4.29. The molecule has 5 nitrogen and oxygen atoms in total. The second-order valence-electron chi connectivity index (χ2n) is 7.29. The number of hydrogen-bond acceptors (Lipinski definition) is 4. The van der Waals surface area contributed by atoms with Crippen LogP contribution in [0.2, 0.25) is 0 Å². The first-order valence-electron chi connectivity index (χ1n) is 9.93. The molecule has 0 amide bonds. The van der Waals surface area contributed by atoms with E-state index in [1.165, 1.54) is 17.7 Å². The van der Waals surface area contributed by atoms with Crippen LogP contribution in [0.5, 0.6) is 5.75 Å². The zero-order valence-corrected chi connectivity index (χ0v) is 17.5. The van der Waals surface area contributed by atoms with Crippen molar-refractivity contribution in [1.29, 1.82) is 0 Å². The highest BCUT2D eigenvalue weighted by Gasteiger charge is 2.27. The van der Waals surface area contributed by atoms with E-state index in [-0.39, 0.29) is 5.82 Å². The molecular formula is C22H25FN4OS. The van der Waals surface area contributed by atoms with Crippen molar-refractivity contribution in [3.63, 3.8) is 0 Å². The Hall–Kier alpha value is -2.51. The molecule has 152 valence electrons. The maximum Gasteiger partial charge on any atom is 0.199 e. The fraction of sp³-hybridized carbons (Fsp3) is 0.364. The van der Waals surface area contributed by atoms with Crippen LogP contribution in [0.4, 0.5) is 4.39 Å². The Bertz CT molecular complexity index is 1030. The summed E-state index contributed by atoms with van der Waals surface area (Å²) in [7, 11) is 1.90. The number of likely N-dealkylation sites (tertiary alicyclic amines) is 1. The average molecular weight is 413 g/mol. The van der Waals surface area contributed by atoms with Crippen molar-refractivity contribution in [3.05, 3.63) is 64.7 Å². The van der Waals surface area contributed by atoms with Crippen molar-refractivity contribution in [2.45, 2.75) is 32.5 Å². The molecule has 0 aliphatic carbocycles. The maximum atomic E-state index is 13.3. The van der Waals surface area contributed by atoms with E-state index in [0.717, 1.165) is 36.5 Å². The van der Waals surface area contributed by atoms with Crippen LogP contribution in [-0.4, -0.2) is 32.4 Å². The van der Waals surface area contributed by atoms with Crippen molar-refractivity contribution in [3.8, 4) is 17.1 Å². The minimum atomic E-state index is -0.260. The number of hydrogen-bond donors (Lipinski definition) is 0. The van der Waals surface area contributed by atoms with Crippen LogP contribution in [0.25, 0.3) is 11.4 Å². The van der Waals surface area contributed by atoms with Gasteiger partial charge in [-0.05, 0) is 73.9 Å². The Morgan fingerprint density at radius 1 is 1.14 bits per heavy atom. The fourth-order valence-corrected chi connectivity index (χ4v) is 4.11. The minimum Gasteiger partial charge on any atom is -0.494 e. The molecule has 1 atom stereocenters. The van der Waals surface area contributed by atoms with Crippen LogP contribution in [0, 0.1) is 10.6 Å². The molecule has 1 aliphatic heterocycles. The van der Waals surface area contributed by atoms with E-state index in [1.807, 2.05) is 35.4 Å². The lowest BCUT2D eigenvalue weighted by molar-refractivity contribution is 0.190. The first kappa shape index (κ1) is 19.8. The zero-order chi connectivity index (χ0) is 20.4. The molecule has 3 aromatic rings. The quantitative estimate of drug-likeness (QED) is 0.537. The molecule has 0 saturated carbocycles. The van der Waals surface area contributed by atoms with Crippen LogP contribution < -0.4 is 4.74 Å². The lowest BCUT2D eigenvalue weighted by Crippen LogP contribution is -2.27. The van der Waals surface area contributed by atoms with E-state index in [9.17, 15) is 4.39 Å². The van der Waals surface area contributed by atoms with E-state index in [4.69, 9.17) is 22.1 Å². The molecule has 0 bridgehead atoms. The summed E-state index contributed by atoms with van der Waals surface area (Å²) >= 11 is 5.62. The summed E-state index contributed by atoms with van der Waals surface area (Å²) in [4.78, 5) is 2.41. The highest BCUT2D eigenvalue weighted by Crippen LogP contribution is 2.33. The molecule has 0 N–H and O–H groups in total. The number of rotatable bonds is 6. The highest BCUT2D eigenvalue weighted by atomic mass is 32.1. The number of nitrogens with zero attached hydrogens (tertiary/aromatic N) is 4.